The molecule has 2 aromatic heterocycles. The summed E-state index contributed by atoms with van der Waals surface area (Å²) in [5.41, 5.74) is 1.56. The molecule has 2 aromatic rings. The molecule has 0 aromatic carbocycles. The van der Waals surface area contributed by atoms with Crippen LogP contribution in [0.1, 0.15) is 0 Å². The van der Waals surface area contributed by atoms with Crippen molar-refractivity contribution in [1.82, 2.24) is 19.5 Å². The number of fused-ring (bicyclic) bond motifs is 1. The van der Waals surface area contributed by atoms with Crippen LogP contribution in [0, 0.1) is 3.70 Å². The second-order valence-electron chi connectivity index (χ2n) is 2.31. The van der Waals surface area contributed by atoms with Crippen LogP contribution < -0.4 is 0 Å². The minimum Gasteiger partial charge on any atom is -0.330 e. The molecule has 0 bridgehead atoms. The van der Waals surface area contributed by atoms with Gasteiger partial charge in [0.2, 0.25) is 5.28 Å². The number of aryl methyl sites for hydroxylation is 1. The largest absolute Gasteiger partial charge is 0.330 e. The molecule has 12 heavy (non-hydrogen) atoms. The lowest BCUT2D eigenvalue weighted by Gasteiger charge is -1.96. The van der Waals surface area contributed by atoms with Crippen molar-refractivity contribution >= 4 is 45.4 Å². The highest BCUT2D eigenvalue weighted by Crippen LogP contribution is 2.17. The normalized spacial score (nSPS) is 10.9. The molecule has 4 nitrogen and oxygen atoms in total. The van der Waals surface area contributed by atoms with Crippen LogP contribution in [0.15, 0.2) is 6.33 Å². The Bertz CT molecular complexity index is 438. The van der Waals surface area contributed by atoms with Gasteiger partial charge in [0.1, 0.15) is 9.22 Å². The second kappa shape index (κ2) is 2.81. The molecule has 0 saturated carbocycles. The van der Waals surface area contributed by atoms with Crippen LogP contribution in [-0.4, -0.2) is 19.5 Å². The van der Waals surface area contributed by atoms with Gasteiger partial charge in [-0.2, -0.15) is 4.98 Å². The molecule has 6 heteroatoms. The van der Waals surface area contributed by atoms with Crippen LogP contribution in [0.4, 0.5) is 0 Å². The van der Waals surface area contributed by atoms with E-state index in [2.05, 4.69) is 37.5 Å². The van der Waals surface area contributed by atoms with Gasteiger partial charge < -0.3 is 4.57 Å². The second-order valence-corrected chi connectivity index (χ2v) is 3.67. The maximum atomic E-state index is 5.66. The Hall–Kier alpha value is -0.430. The number of hydrogen-bond acceptors (Lipinski definition) is 3. The topological polar surface area (TPSA) is 43.6 Å². The molecule has 0 radical (unpaired) electrons. The highest BCUT2D eigenvalue weighted by molar-refractivity contribution is 14.1. The first kappa shape index (κ1) is 8.18. The van der Waals surface area contributed by atoms with Gasteiger partial charge in [-0.1, -0.05) is 0 Å². The minimum atomic E-state index is 0.241. The predicted octanol–water partition coefficient (Wildman–Crippen LogP) is 1.62. The zero-order valence-corrected chi connectivity index (χ0v) is 9.04. The quantitative estimate of drug-likeness (QED) is 0.421. The van der Waals surface area contributed by atoms with E-state index in [1.54, 1.807) is 6.33 Å². The fourth-order valence-corrected chi connectivity index (χ4v) is 2.14. The first-order chi connectivity index (χ1) is 5.68. The molecule has 0 amide bonds. The van der Waals surface area contributed by atoms with E-state index in [0.29, 0.717) is 5.65 Å². The summed E-state index contributed by atoms with van der Waals surface area (Å²) in [7, 11) is 1.90. The van der Waals surface area contributed by atoms with E-state index in [4.69, 9.17) is 11.6 Å². The summed E-state index contributed by atoms with van der Waals surface area (Å²) < 4.78 is 2.69. The van der Waals surface area contributed by atoms with Crippen LogP contribution in [0.25, 0.3) is 11.2 Å². The lowest BCUT2D eigenvalue weighted by atomic mass is 10.5. The number of aromatic nitrogens is 4. The van der Waals surface area contributed by atoms with Crippen molar-refractivity contribution in [2.75, 3.05) is 0 Å². The fourth-order valence-electron chi connectivity index (χ4n) is 0.984. The summed E-state index contributed by atoms with van der Waals surface area (Å²) >= 11 is 7.77. The molecule has 0 aliphatic carbocycles. The first-order valence-electron chi connectivity index (χ1n) is 3.18. The third-order valence-corrected chi connectivity index (χ3v) is 2.42. The molecule has 2 heterocycles. The predicted molar refractivity (Wildman–Crippen MR) is 54.0 cm³/mol. The van der Waals surface area contributed by atoms with Gasteiger partial charge in [0.25, 0.3) is 0 Å². The van der Waals surface area contributed by atoms with Crippen molar-refractivity contribution < 1.29 is 0 Å². The van der Waals surface area contributed by atoms with Gasteiger partial charge in [0.15, 0.2) is 5.65 Å². The van der Waals surface area contributed by atoms with Crippen LogP contribution >= 0.6 is 34.2 Å². The van der Waals surface area contributed by atoms with Gasteiger partial charge >= 0.3 is 0 Å². The highest BCUT2D eigenvalue weighted by atomic mass is 127. The summed E-state index contributed by atoms with van der Waals surface area (Å²) in [6.07, 6.45) is 1.69. The van der Waals surface area contributed by atoms with Crippen molar-refractivity contribution in [3.63, 3.8) is 0 Å². The third-order valence-electron chi connectivity index (χ3n) is 1.50. The average molecular weight is 294 g/mol. The van der Waals surface area contributed by atoms with Gasteiger partial charge in [-0.25, -0.2) is 9.97 Å². The molecular weight excluding hydrogens is 290 g/mol. The Morgan fingerprint density at radius 3 is 3.00 bits per heavy atom. The Morgan fingerprint density at radius 1 is 1.50 bits per heavy atom. The average Bonchev–Trinajstić information content (AvgIpc) is 2.31. The Kier molecular flexibility index (Phi) is 1.91. The SMILES string of the molecule is Cn1cnc2nc(Cl)nc(I)c21. The van der Waals surface area contributed by atoms with Crippen LogP contribution in [-0.2, 0) is 7.05 Å². The Morgan fingerprint density at radius 2 is 2.25 bits per heavy atom. The molecule has 0 fully saturated rings. The third kappa shape index (κ3) is 1.16. The molecule has 0 unspecified atom stereocenters. The maximum absolute atomic E-state index is 5.66. The summed E-state index contributed by atoms with van der Waals surface area (Å²) in [5, 5.41) is 0.241. The van der Waals surface area contributed by atoms with E-state index in [1.807, 2.05) is 11.6 Å². The number of hydrogen-bond donors (Lipinski definition) is 0. The van der Waals surface area contributed by atoms with Crippen molar-refractivity contribution in [1.29, 1.82) is 0 Å². The first-order valence-corrected chi connectivity index (χ1v) is 4.64. The van der Waals surface area contributed by atoms with Crippen LogP contribution in [0.5, 0.6) is 0 Å². The number of imidazole rings is 1. The van der Waals surface area contributed by atoms with Gasteiger partial charge in [-0.05, 0) is 34.2 Å². The lowest BCUT2D eigenvalue weighted by Crippen LogP contribution is -1.93. The maximum Gasteiger partial charge on any atom is 0.225 e. The summed E-state index contributed by atoms with van der Waals surface area (Å²) in [5.74, 6) is 0. The molecule has 0 aliphatic heterocycles. The standard InChI is InChI=1S/C6H4ClIN4/c1-12-2-9-5-3(12)4(8)10-6(7)11-5/h2H,1H3. The monoisotopic (exact) mass is 294 g/mol. The molecular formula is C6H4ClIN4. The number of nitrogens with zero attached hydrogens (tertiary/aromatic N) is 4. The molecule has 62 valence electrons. The zero-order valence-electron chi connectivity index (χ0n) is 6.12. The van der Waals surface area contributed by atoms with E-state index in [-0.39, 0.29) is 5.28 Å². The van der Waals surface area contributed by atoms with Crippen molar-refractivity contribution in [2.24, 2.45) is 7.05 Å². The van der Waals surface area contributed by atoms with Crippen LogP contribution in [0.3, 0.4) is 0 Å². The van der Waals surface area contributed by atoms with E-state index in [0.717, 1.165) is 9.22 Å². The number of rotatable bonds is 0. The molecule has 0 spiro atoms. The van der Waals surface area contributed by atoms with E-state index in [1.165, 1.54) is 0 Å². The summed E-state index contributed by atoms with van der Waals surface area (Å²) in [6.45, 7) is 0. The van der Waals surface area contributed by atoms with Gasteiger partial charge in [-0.3, -0.25) is 0 Å². The minimum absolute atomic E-state index is 0.241. The van der Waals surface area contributed by atoms with Crippen molar-refractivity contribution in [2.45, 2.75) is 0 Å². The fraction of sp³-hybridized carbons (Fsp3) is 0.167. The number of halogens is 2. The van der Waals surface area contributed by atoms with E-state index >= 15 is 0 Å². The highest BCUT2D eigenvalue weighted by Gasteiger charge is 2.07. The Labute approximate surface area is 87.1 Å². The smallest absolute Gasteiger partial charge is 0.225 e. The lowest BCUT2D eigenvalue weighted by molar-refractivity contribution is 0.940. The van der Waals surface area contributed by atoms with Gasteiger partial charge in [0.05, 0.1) is 6.33 Å². The van der Waals surface area contributed by atoms with Crippen molar-refractivity contribution in [3.8, 4) is 0 Å². The molecule has 0 atom stereocenters. The summed E-state index contributed by atoms with van der Waals surface area (Å²) in [6, 6.07) is 0. The van der Waals surface area contributed by atoms with Crippen LogP contribution in [0.2, 0.25) is 5.28 Å². The summed E-state index contributed by atoms with van der Waals surface area (Å²) in [4.78, 5) is 12.1. The Balaban J connectivity index is 2.93. The van der Waals surface area contributed by atoms with E-state index in [9.17, 15) is 0 Å². The molecule has 0 aliphatic rings. The molecule has 2 rings (SSSR count). The van der Waals surface area contributed by atoms with E-state index < -0.39 is 0 Å². The van der Waals surface area contributed by atoms with Crippen molar-refractivity contribution in [3.05, 3.63) is 15.3 Å². The molecule has 0 saturated heterocycles. The van der Waals surface area contributed by atoms with Gasteiger partial charge in [-0.15, -0.1) is 0 Å². The molecule has 0 N–H and O–H groups in total. The zero-order chi connectivity index (χ0) is 8.72. The van der Waals surface area contributed by atoms with Gasteiger partial charge in [0, 0.05) is 7.05 Å².